The summed E-state index contributed by atoms with van der Waals surface area (Å²) in [5, 5.41) is 0. The molecule has 0 N–H and O–H groups in total. The van der Waals surface area contributed by atoms with E-state index >= 15 is 0 Å². The Morgan fingerprint density at radius 2 is 0.474 bits per heavy atom. The molecule has 0 aliphatic heterocycles. The highest BCUT2D eigenvalue weighted by molar-refractivity contribution is 5.71. The Hall–Kier alpha value is -2.89. The molecule has 6 nitrogen and oxygen atoms in total. The summed E-state index contributed by atoms with van der Waals surface area (Å²) < 4.78 is 16.9. The molecule has 0 aromatic heterocycles. The number of carbonyl (C=O) groups excluding carboxylic acids is 3. The summed E-state index contributed by atoms with van der Waals surface area (Å²) in [6, 6.07) is 0. The van der Waals surface area contributed by atoms with Gasteiger partial charge in [0.15, 0.2) is 6.10 Å². The molecule has 0 aliphatic carbocycles. The molecule has 0 aliphatic rings. The maximum atomic E-state index is 12.9. The summed E-state index contributed by atoms with van der Waals surface area (Å²) >= 11 is 0. The van der Waals surface area contributed by atoms with Crippen LogP contribution in [0.15, 0.2) is 60.8 Å². The van der Waals surface area contributed by atoms with Gasteiger partial charge in [0.05, 0.1) is 0 Å². The average Bonchev–Trinajstić information content (AvgIpc) is 3.42. The van der Waals surface area contributed by atoms with Crippen LogP contribution in [0.2, 0.25) is 0 Å². The lowest BCUT2D eigenvalue weighted by molar-refractivity contribution is -0.167. The van der Waals surface area contributed by atoms with E-state index in [1.807, 2.05) is 0 Å². The van der Waals surface area contributed by atoms with Crippen LogP contribution >= 0.6 is 0 Å². The van der Waals surface area contributed by atoms with E-state index in [0.29, 0.717) is 19.3 Å². The molecular formula is C70H126O6. The van der Waals surface area contributed by atoms with Gasteiger partial charge in [-0.25, -0.2) is 0 Å². The predicted molar refractivity (Wildman–Crippen MR) is 330 cm³/mol. The SMILES string of the molecule is CCCCC/C=C\C/C=C\CCCCCCCCCC(=O)OC(COC(=O)CCCCCCC/C=C\C/C=C\CCCCCC)COC(=O)CCCCCCCCCCCCCCC/C=C\CCCCCCCCCC. The van der Waals surface area contributed by atoms with Gasteiger partial charge >= 0.3 is 17.9 Å². The van der Waals surface area contributed by atoms with E-state index in [4.69, 9.17) is 14.2 Å². The average molecular weight is 1060 g/mol. The van der Waals surface area contributed by atoms with Crippen molar-refractivity contribution in [1.29, 1.82) is 0 Å². The van der Waals surface area contributed by atoms with Crippen LogP contribution in [0, 0.1) is 0 Å². The summed E-state index contributed by atoms with van der Waals surface area (Å²) in [6.07, 6.45) is 82.3. The second-order valence-corrected chi connectivity index (χ2v) is 22.4. The van der Waals surface area contributed by atoms with E-state index in [0.717, 1.165) is 89.9 Å². The molecular weight excluding hydrogens is 937 g/mol. The Morgan fingerprint density at radius 1 is 0.263 bits per heavy atom. The molecule has 0 aromatic rings. The minimum atomic E-state index is -0.785. The number of allylic oxidation sites excluding steroid dienone is 10. The lowest BCUT2D eigenvalue weighted by Crippen LogP contribution is -2.30. The lowest BCUT2D eigenvalue weighted by atomic mass is 10.0. The van der Waals surface area contributed by atoms with Gasteiger partial charge in [0.2, 0.25) is 0 Å². The first kappa shape index (κ1) is 73.1. The normalized spacial score (nSPS) is 12.4. The third-order valence-corrected chi connectivity index (χ3v) is 14.7. The van der Waals surface area contributed by atoms with Crippen LogP contribution in [0.5, 0.6) is 0 Å². The monoisotopic (exact) mass is 1060 g/mol. The van der Waals surface area contributed by atoms with Crippen molar-refractivity contribution < 1.29 is 28.6 Å². The topological polar surface area (TPSA) is 78.9 Å². The predicted octanol–water partition coefficient (Wildman–Crippen LogP) is 22.7. The van der Waals surface area contributed by atoms with Gasteiger partial charge < -0.3 is 14.2 Å². The summed E-state index contributed by atoms with van der Waals surface area (Å²) in [5.74, 6) is -0.884. The largest absolute Gasteiger partial charge is 0.462 e. The minimum absolute atomic E-state index is 0.0800. The van der Waals surface area contributed by atoms with Crippen LogP contribution in [0.25, 0.3) is 0 Å². The molecule has 0 radical (unpaired) electrons. The molecule has 0 saturated carbocycles. The molecule has 0 bridgehead atoms. The molecule has 0 amide bonds. The first-order valence-electron chi connectivity index (χ1n) is 33.3. The fraction of sp³-hybridized carbons (Fsp3) is 0.814. The fourth-order valence-corrected chi connectivity index (χ4v) is 9.68. The van der Waals surface area contributed by atoms with Crippen molar-refractivity contribution in [2.45, 2.75) is 354 Å². The van der Waals surface area contributed by atoms with Crippen LogP contribution in [0.4, 0.5) is 0 Å². The van der Waals surface area contributed by atoms with Crippen LogP contribution in [0.3, 0.4) is 0 Å². The fourth-order valence-electron chi connectivity index (χ4n) is 9.68. The molecule has 1 atom stereocenters. The Kier molecular flexibility index (Phi) is 62.2. The number of esters is 3. The first-order chi connectivity index (χ1) is 37.5. The van der Waals surface area contributed by atoms with Crippen molar-refractivity contribution in [1.82, 2.24) is 0 Å². The standard InChI is InChI=1S/C70H126O6/c1-4-7-10-13-16-19-22-25-28-31-32-33-34-35-36-37-38-40-42-45-48-51-54-57-60-63-69(72)75-66-67(65-74-68(71)62-59-56-53-50-47-44-41-30-27-24-21-18-15-12-9-6-3)76-70(73)64-61-58-55-52-49-46-43-39-29-26-23-20-17-14-11-8-5-2/h17,20-21,24,26,29-32,41,67H,4-16,18-19,22-23,25,27-28,33-40,42-66H2,1-3H3/b20-17-,24-21-,29-26-,32-31-,41-30-. The second-order valence-electron chi connectivity index (χ2n) is 22.4. The van der Waals surface area contributed by atoms with E-state index in [-0.39, 0.29) is 31.1 Å². The lowest BCUT2D eigenvalue weighted by Gasteiger charge is -2.18. The summed E-state index contributed by atoms with van der Waals surface area (Å²) in [5.41, 5.74) is 0. The van der Waals surface area contributed by atoms with Crippen molar-refractivity contribution in [3.63, 3.8) is 0 Å². The van der Waals surface area contributed by atoms with Gasteiger partial charge in [-0.15, -0.1) is 0 Å². The van der Waals surface area contributed by atoms with Gasteiger partial charge in [0, 0.05) is 19.3 Å². The van der Waals surface area contributed by atoms with E-state index in [1.165, 1.54) is 218 Å². The Labute approximate surface area is 472 Å². The molecule has 0 saturated heterocycles. The Balaban J connectivity index is 4.31. The first-order valence-corrected chi connectivity index (χ1v) is 33.3. The maximum Gasteiger partial charge on any atom is 0.306 e. The zero-order valence-corrected chi connectivity index (χ0v) is 50.8. The third kappa shape index (κ3) is 62.0. The molecule has 76 heavy (non-hydrogen) atoms. The highest BCUT2D eigenvalue weighted by Gasteiger charge is 2.19. The quantitative estimate of drug-likeness (QED) is 0.0261. The number of hydrogen-bond acceptors (Lipinski definition) is 6. The van der Waals surface area contributed by atoms with Gasteiger partial charge in [0.25, 0.3) is 0 Å². The van der Waals surface area contributed by atoms with E-state index in [2.05, 4.69) is 81.5 Å². The van der Waals surface area contributed by atoms with Crippen molar-refractivity contribution in [2.75, 3.05) is 13.2 Å². The summed E-state index contributed by atoms with van der Waals surface area (Å²) in [7, 11) is 0. The second kappa shape index (κ2) is 64.6. The number of ether oxygens (including phenoxy) is 3. The minimum Gasteiger partial charge on any atom is -0.462 e. The molecule has 0 fully saturated rings. The van der Waals surface area contributed by atoms with E-state index < -0.39 is 6.10 Å². The van der Waals surface area contributed by atoms with Crippen LogP contribution < -0.4 is 0 Å². The maximum absolute atomic E-state index is 12.9. The molecule has 0 heterocycles. The van der Waals surface area contributed by atoms with Crippen molar-refractivity contribution in [3.8, 4) is 0 Å². The zero-order chi connectivity index (χ0) is 55.0. The van der Waals surface area contributed by atoms with Crippen molar-refractivity contribution in [2.24, 2.45) is 0 Å². The van der Waals surface area contributed by atoms with E-state index in [9.17, 15) is 14.4 Å². The van der Waals surface area contributed by atoms with E-state index in [1.54, 1.807) is 0 Å². The molecule has 1 unspecified atom stereocenters. The van der Waals surface area contributed by atoms with Crippen LogP contribution in [-0.4, -0.2) is 37.2 Å². The molecule has 442 valence electrons. The van der Waals surface area contributed by atoms with Crippen LogP contribution in [-0.2, 0) is 28.6 Å². The van der Waals surface area contributed by atoms with Crippen LogP contribution in [0.1, 0.15) is 348 Å². The Morgan fingerprint density at radius 3 is 0.776 bits per heavy atom. The number of hydrogen-bond donors (Lipinski definition) is 0. The molecule has 0 aromatic carbocycles. The number of rotatable bonds is 61. The highest BCUT2D eigenvalue weighted by Crippen LogP contribution is 2.17. The van der Waals surface area contributed by atoms with Crippen molar-refractivity contribution >= 4 is 17.9 Å². The number of unbranched alkanes of at least 4 members (excludes halogenated alkanes) is 40. The Bertz CT molecular complexity index is 1360. The summed E-state index contributed by atoms with van der Waals surface area (Å²) in [4.78, 5) is 38.4. The zero-order valence-electron chi connectivity index (χ0n) is 50.8. The van der Waals surface area contributed by atoms with Gasteiger partial charge in [-0.2, -0.15) is 0 Å². The van der Waals surface area contributed by atoms with Gasteiger partial charge in [-0.3, -0.25) is 14.4 Å². The molecule has 0 rings (SSSR count). The van der Waals surface area contributed by atoms with Gasteiger partial charge in [0.1, 0.15) is 13.2 Å². The number of carbonyl (C=O) groups is 3. The third-order valence-electron chi connectivity index (χ3n) is 14.7. The smallest absolute Gasteiger partial charge is 0.306 e. The molecule has 0 spiro atoms. The van der Waals surface area contributed by atoms with Crippen molar-refractivity contribution in [3.05, 3.63) is 60.8 Å². The molecule has 6 heteroatoms. The summed E-state index contributed by atoms with van der Waals surface area (Å²) in [6.45, 7) is 6.63. The van der Waals surface area contributed by atoms with Gasteiger partial charge in [-0.05, 0) is 109 Å². The van der Waals surface area contributed by atoms with Gasteiger partial charge in [-0.1, -0.05) is 281 Å². The highest BCUT2D eigenvalue weighted by atomic mass is 16.6.